The first-order valence-electron chi connectivity index (χ1n) is 10.6. The number of hydrogen-bond acceptors (Lipinski definition) is 4. The summed E-state index contributed by atoms with van der Waals surface area (Å²) in [5, 5.41) is 13.1. The Hall–Kier alpha value is -0.850. The lowest BCUT2D eigenvalue weighted by Crippen LogP contribution is -2.60. The van der Waals surface area contributed by atoms with E-state index in [1.807, 2.05) is 4.90 Å². The lowest BCUT2D eigenvalue weighted by Gasteiger charge is -2.48. The molecular formula is C20H37N3O3. The molecule has 3 aliphatic rings. The molecule has 0 aromatic heterocycles. The summed E-state index contributed by atoms with van der Waals surface area (Å²) in [6.45, 7) is 8.08. The summed E-state index contributed by atoms with van der Waals surface area (Å²) in [4.78, 5) is 17.3. The second-order valence-electron chi connectivity index (χ2n) is 8.62. The third-order valence-electron chi connectivity index (χ3n) is 6.88. The number of rotatable bonds is 6. The summed E-state index contributed by atoms with van der Waals surface area (Å²) in [6, 6.07) is 0.0506. The minimum absolute atomic E-state index is 0.0506. The van der Waals surface area contributed by atoms with E-state index in [4.69, 9.17) is 4.74 Å². The van der Waals surface area contributed by atoms with Crippen LogP contribution in [0.2, 0.25) is 0 Å². The van der Waals surface area contributed by atoms with Crippen LogP contribution < -0.4 is 5.32 Å². The summed E-state index contributed by atoms with van der Waals surface area (Å²) in [5.74, 6) is 0. The van der Waals surface area contributed by atoms with Crippen molar-refractivity contribution in [2.24, 2.45) is 5.41 Å². The predicted octanol–water partition coefficient (Wildman–Crippen LogP) is 2.22. The second-order valence-corrected chi connectivity index (χ2v) is 8.62. The number of aliphatic hydroxyl groups is 1. The van der Waals surface area contributed by atoms with Crippen LogP contribution in [-0.4, -0.2) is 79.0 Å². The van der Waals surface area contributed by atoms with E-state index in [0.717, 1.165) is 58.7 Å². The molecule has 2 N–H and O–H groups in total. The standard InChI is InChI=1S/C20H37N3O3/c1-2-6-19(17-24)9-10-22(16-19)18(25)21-15-20(7-4-3-5-8-20)23-11-13-26-14-12-23/h24H,2-17H2,1H3,(H,21,25). The van der Waals surface area contributed by atoms with E-state index in [0.29, 0.717) is 6.54 Å². The Morgan fingerprint density at radius 1 is 1.12 bits per heavy atom. The van der Waals surface area contributed by atoms with Gasteiger partial charge >= 0.3 is 6.03 Å². The molecule has 2 aliphatic heterocycles. The lowest BCUT2D eigenvalue weighted by atomic mass is 9.80. The van der Waals surface area contributed by atoms with Crippen molar-refractivity contribution in [2.75, 3.05) is 52.5 Å². The maximum Gasteiger partial charge on any atom is 0.317 e. The molecule has 3 fully saturated rings. The van der Waals surface area contributed by atoms with E-state index in [2.05, 4.69) is 17.1 Å². The average molecular weight is 368 g/mol. The fraction of sp³-hybridized carbons (Fsp3) is 0.950. The zero-order valence-corrected chi connectivity index (χ0v) is 16.5. The van der Waals surface area contributed by atoms with E-state index in [9.17, 15) is 9.90 Å². The summed E-state index contributed by atoms with van der Waals surface area (Å²) in [7, 11) is 0. The zero-order valence-electron chi connectivity index (χ0n) is 16.5. The molecule has 1 saturated carbocycles. The first-order chi connectivity index (χ1) is 12.6. The van der Waals surface area contributed by atoms with Gasteiger partial charge in [0.25, 0.3) is 0 Å². The maximum absolute atomic E-state index is 12.8. The molecule has 6 nitrogen and oxygen atoms in total. The van der Waals surface area contributed by atoms with Crippen LogP contribution in [0.4, 0.5) is 4.79 Å². The molecule has 26 heavy (non-hydrogen) atoms. The molecule has 0 radical (unpaired) electrons. The average Bonchev–Trinajstić information content (AvgIpc) is 3.13. The number of amides is 2. The SMILES string of the molecule is CCCC1(CO)CCN(C(=O)NCC2(N3CCOCC3)CCCCC2)C1. The van der Waals surface area contributed by atoms with Crippen molar-refractivity contribution in [3.63, 3.8) is 0 Å². The third kappa shape index (κ3) is 4.34. The number of carbonyl (C=O) groups is 1. The van der Waals surface area contributed by atoms with Gasteiger partial charge in [0, 0.05) is 43.7 Å². The largest absolute Gasteiger partial charge is 0.396 e. The van der Waals surface area contributed by atoms with Crippen molar-refractivity contribution in [1.29, 1.82) is 0 Å². The molecule has 0 bridgehead atoms. The molecule has 3 rings (SSSR count). The van der Waals surface area contributed by atoms with Crippen LogP contribution in [0.25, 0.3) is 0 Å². The number of nitrogens with one attached hydrogen (secondary N) is 1. The van der Waals surface area contributed by atoms with Crippen molar-refractivity contribution < 1.29 is 14.6 Å². The van der Waals surface area contributed by atoms with Gasteiger partial charge in [0.05, 0.1) is 19.8 Å². The summed E-state index contributed by atoms with van der Waals surface area (Å²) in [6.07, 6.45) is 9.11. The topological polar surface area (TPSA) is 65.0 Å². The molecule has 2 saturated heterocycles. The Morgan fingerprint density at radius 3 is 2.50 bits per heavy atom. The Labute approximate surface area is 158 Å². The highest BCUT2D eigenvalue weighted by atomic mass is 16.5. The number of carbonyl (C=O) groups excluding carboxylic acids is 1. The van der Waals surface area contributed by atoms with Crippen LogP contribution >= 0.6 is 0 Å². The Bertz CT molecular complexity index is 461. The van der Waals surface area contributed by atoms with Crippen LogP contribution in [0.3, 0.4) is 0 Å². The molecule has 1 atom stereocenters. The number of likely N-dealkylation sites (tertiary alicyclic amines) is 1. The Morgan fingerprint density at radius 2 is 1.85 bits per heavy atom. The van der Waals surface area contributed by atoms with Gasteiger partial charge in [-0.1, -0.05) is 32.6 Å². The summed E-state index contributed by atoms with van der Waals surface area (Å²) >= 11 is 0. The van der Waals surface area contributed by atoms with Gasteiger partial charge in [0.1, 0.15) is 0 Å². The van der Waals surface area contributed by atoms with E-state index >= 15 is 0 Å². The van der Waals surface area contributed by atoms with Crippen molar-refractivity contribution in [2.45, 2.75) is 63.8 Å². The number of nitrogens with zero attached hydrogens (tertiary/aromatic N) is 2. The molecular weight excluding hydrogens is 330 g/mol. The molecule has 2 amide bonds. The van der Waals surface area contributed by atoms with Crippen LogP contribution in [-0.2, 0) is 4.74 Å². The third-order valence-corrected chi connectivity index (χ3v) is 6.88. The van der Waals surface area contributed by atoms with Crippen molar-refractivity contribution in [3.8, 4) is 0 Å². The van der Waals surface area contributed by atoms with Crippen molar-refractivity contribution >= 4 is 6.03 Å². The van der Waals surface area contributed by atoms with E-state index in [-0.39, 0.29) is 23.6 Å². The Kier molecular flexibility index (Phi) is 6.81. The quantitative estimate of drug-likeness (QED) is 0.755. The second kappa shape index (κ2) is 8.89. The van der Waals surface area contributed by atoms with E-state index < -0.39 is 0 Å². The molecule has 6 heteroatoms. The van der Waals surface area contributed by atoms with Gasteiger partial charge in [-0.3, -0.25) is 4.90 Å². The first kappa shape index (κ1) is 19.9. The monoisotopic (exact) mass is 367 g/mol. The lowest BCUT2D eigenvalue weighted by molar-refractivity contribution is -0.0360. The van der Waals surface area contributed by atoms with E-state index in [1.165, 1.54) is 32.1 Å². The minimum Gasteiger partial charge on any atom is -0.396 e. The highest BCUT2D eigenvalue weighted by Crippen LogP contribution is 2.36. The summed E-state index contributed by atoms with van der Waals surface area (Å²) < 4.78 is 5.54. The minimum atomic E-state index is -0.0845. The van der Waals surface area contributed by atoms with Crippen LogP contribution in [0.1, 0.15) is 58.3 Å². The zero-order chi connectivity index (χ0) is 18.5. The highest BCUT2D eigenvalue weighted by molar-refractivity contribution is 5.74. The molecule has 2 heterocycles. The highest BCUT2D eigenvalue weighted by Gasteiger charge is 2.41. The molecule has 0 aromatic carbocycles. The number of hydrogen-bond donors (Lipinski definition) is 2. The predicted molar refractivity (Wildman–Crippen MR) is 102 cm³/mol. The molecule has 0 spiro atoms. The van der Waals surface area contributed by atoms with Crippen LogP contribution in [0.5, 0.6) is 0 Å². The van der Waals surface area contributed by atoms with Gasteiger partial charge in [-0.05, 0) is 25.7 Å². The van der Waals surface area contributed by atoms with Gasteiger partial charge in [-0.2, -0.15) is 0 Å². The first-order valence-corrected chi connectivity index (χ1v) is 10.6. The number of morpholine rings is 1. The van der Waals surface area contributed by atoms with E-state index in [1.54, 1.807) is 0 Å². The number of ether oxygens (including phenoxy) is 1. The maximum atomic E-state index is 12.8. The molecule has 1 unspecified atom stereocenters. The fourth-order valence-corrected chi connectivity index (χ4v) is 5.26. The summed E-state index contributed by atoms with van der Waals surface area (Å²) in [5.41, 5.74) is 0.0216. The van der Waals surface area contributed by atoms with Gasteiger partial charge < -0.3 is 20.1 Å². The normalized spacial score (nSPS) is 29.7. The van der Waals surface area contributed by atoms with Gasteiger partial charge in [-0.25, -0.2) is 4.79 Å². The molecule has 0 aromatic rings. The van der Waals surface area contributed by atoms with Crippen LogP contribution in [0.15, 0.2) is 0 Å². The van der Waals surface area contributed by atoms with Crippen molar-refractivity contribution in [3.05, 3.63) is 0 Å². The van der Waals surface area contributed by atoms with Gasteiger partial charge in [-0.15, -0.1) is 0 Å². The van der Waals surface area contributed by atoms with Gasteiger partial charge in [0.2, 0.25) is 0 Å². The number of aliphatic hydroxyl groups excluding tert-OH is 1. The molecule has 1 aliphatic carbocycles. The molecule has 150 valence electrons. The Balaban J connectivity index is 1.58. The fourth-order valence-electron chi connectivity index (χ4n) is 5.26. The van der Waals surface area contributed by atoms with Gasteiger partial charge in [0.15, 0.2) is 0 Å². The number of urea groups is 1. The van der Waals surface area contributed by atoms with Crippen LogP contribution in [0, 0.1) is 5.41 Å². The van der Waals surface area contributed by atoms with Crippen molar-refractivity contribution in [1.82, 2.24) is 15.1 Å². The smallest absolute Gasteiger partial charge is 0.317 e.